The van der Waals surface area contributed by atoms with Crippen molar-refractivity contribution in [1.29, 1.82) is 0 Å². The Balaban J connectivity index is 2.22. The van der Waals surface area contributed by atoms with Crippen molar-refractivity contribution in [1.82, 2.24) is 5.32 Å². The number of carbonyl (C=O) groups is 2. The molecule has 25 heavy (non-hydrogen) atoms. The maximum absolute atomic E-state index is 12.7. The minimum absolute atomic E-state index is 0.00212. The number of Topliss-reactive ketones (excluding diaryl/α,β-unsaturated/α-hetero) is 1. The Kier molecular flexibility index (Phi) is 4.09. The predicted octanol–water partition coefficient (Wildman–Crippen LogP) is 1.09. The molecule has 1 aromatic rings. The highest BCUT2D eigenvalue weighted by atomic mass is 16.3. The van der Waals surface area contributed by atoms with E-state index in [4.69, 9.17) is 0 Å². The van der Waals surface area contributed by atoms with Gasteiger partial charge in [-0.25, -0.2) is 0 Å². The molecule has 0 unspecified atom stereocenters. The van der Waals surface area contributed by atoms with Crippen molar-refractivity contribution in [3.8, 4) is 11.5 Å². The molecule has 0 saturated heterocycles. The molecule has 0 saturated carbocycles. The van der Waals surface area contributed by atoms with E-state index in [1.807, 2.05) is 6.92 Å². The minimum Gasteiger partial charge on any atom is -0.507 e. The van der Waals surface area contributed by atoms with Crippen molar-refractivity contribution in [3.63, 3.8) is 0 Å². The summed E-state index contributed by atoms with van der Waals surface area (Å²) in [5, 5.41) is 44.5. The summed E-state index contributed by atoms with van der Waals surface area (Å²) in [7, 11) is 0. The van der Waals surface area contributed by atoms with E-state index in [-0.39, 0.29) is 40.8 Å². The lowest BCUT2D eigenvalue weighted by Crippen LogP contribution is -2.36. The van der Waals surface area contributed by atoms with Gasteiger partial charge < -0.3 is 25.7 Å². The Morgan fingerprint density at radius 1 is 1.24 bits per heavy atom. The molecule has 0 aliphatic heterocycles. The monoisotopic (exact) mass is 347 g/mol. The van der Waals surface area contributed by atoms with Gasteiger partial charge >= 0.3 is 0 Å². The van der Waals surface area contributed by atoms with Gasteiger partial charge in [0.2, 0.25) is 5.78 Å². The van der Waals surface area contributed by atoms with E-state index in [2.05, 4.69) is 5.32 Å². The van der Waals surface area contributed by atoms with Gasteiger partial charge in [0, 0.05) is 36.6 Å². The third kappa shape index (κ3) is 2.69. The van der Waals surface area contributed by atoms with Gasteiger partial charge in [-0.05, 0) is 13.3 Å². The molecule has 0 amide bonds. The molecule has 0 aromatic heterocycles. The highest BCUT2D eigenvalue weighted by Gasteiger charge is 2.42. The van der Waals surface area contributed by atoms with Crippen LogP contribution in [0.3, 0.4) is 0 Å². The molecule has 3 rings (SSSR count). The summed E-state index contributed by atoms with van der Waals surface area (Å²) in [4.78, 5) is 25.1. The Labute approximate surface area is 144 Å². The van der Waals surface area contributed by atoms with Gasteiger partial charge in [-0.2, -0.15) is 0 Å². The fraction of sp³-hybridized carbons (Fsp3) is 0.444. The van der Waals surface area contributed by atoms with Gasteiger partial charge in [0.15, 0.2) is 5.78 Å². The molecule has 5 N–H and O–H groups in total. The quantitative estimate of drug-likeness (QED) is 0.518. The first-order valence-electron chi connectivity index (χ1n) is 8.23. The first-order chi connectivity index (χ1) is 11.7. The van der Waals surface area contributed by atoms with Crippen LogP contribution in [0.1, 0.15) is 64.6 Å². The van der Waals surface area contributed by atoms with Crippen molar-refractivity contribution in [2.24, 2.45) is 0 Å². The zero-order chi connectivity index (χ0) is 18.5. The molecular weight excluding hydrogens is 326 g/mol. The van der Waals surface area contributed by atoms with Crippen LogP contribution >= 0.6 is 0 Å². The number of phenols is 2. The van der Waals surface area contributed by atoms with Crippen molar-refractivity contribution < 1.29 is 30.0 Å². The summed E-state index contributed by atoms with van der Waals surface area (Å²) in [6.07, 6.45) is 0.489. The summed E-state index contributed by atoms with van der Waals surface area (Å²) < 4.78 is 0. The molecule has 2 atom stereocenters. The summed E-state index contributed by atoms with van der Waals surface area (Å²) in [6.45, 7) is 3.88. The molecule has 0 spiro atoms. The molecule has 7 nitrogen and oxygen atoms in total. The molecular formula is C18H21NO6. The second-order valence-electron chi connectivity index (χ2n) is 6.91. The van der Waals surface area contributed by atoms with Crippen LogP contribution in [-0.2, 0) is 6.42 Å². The number of allylic oxidation sites excluding steroid dienone is 2. The second-order valence-corrected chi connectivity index (χ2v) is 6.91. The number of carbonyl (C=O) groups excluding carboxylic acids is 2. The average Bonchev–Trinajstić information content (AvgIpc) is 2.51. The topological polar surface area (TPSA) is 127 Å². The van der Waals surface area contributed by atoms with E-state index in [0.717, 1.165) is 12.5 Å². The van der Waals surface area contributed by atoms with Crippen LogP contribution in [0.5, 0.6) is 11.5 Å². The maximum atomic E-state index is 12.7. The standard InChI is InChI=1S/C18H21NO6/c1-3-4-19-9-5-10(20)13-14(16(9)23)15(22)8-6-18(2,25)7-11(21)12(8)17(13)24/h5,11,19,21-22,24-25H,3-4,6-7H2,1-2H3/t11-,18-/m0/s1. The van der Waals surface area contributed by atoms with Gasteiger partial charge in [0.05, 0.1) is 28.5 Å². The summed E-state index contributed by atoms with van der Waals surface area (Å²) in [5.74, 6) is -2.19. The van der Waals surface area contributed by atoms with E-state index in [1.165, 1.54) is 6.92 Å². The number of nitrogens with one attached hydrogen (secondary N) is 1. The maximum Gasteiger partial charge on any atom is 0.213 e. The Morgan fingerprint density at radius 3 is 2.56 bits per heavy atom. The number of phenolic OH excluding ortho intramolecular Hbond substituents is 2. The van der Waals surface area contributed by atoms with Crippen molar-refractivity contribution in [3.05, 3.63) is 34.0 Å². The first-order valence-corrected chi connectivity index (χ1v) is 8.23. The number of aliphatic hydroxyl groups excluding tert-OH is 1. The van der Waals surface area contributed by atoms with Gasteiger partial charge in [-0.1, -0.05) is 6.92 Å². The zero-order valence-electron chi connectivity index (χ0n) is 14.1. The molecule has 2 aliphatic rings. The summed E-state index contributed by atoms with van der Waals surface area (Å²) in [5.41, 5.74) is -1.74. The Bertz CT molecular complexity index is 809. The minimum atomic E-state index is -1.30. The van der Waals surface area contributed by atoms with Crippen LogP contribution in [0.2, 0.25) is 0 Å². The van der Waals surface area contributed by atoms with E-state index >= 15 is 0 Å². The number of ketones is 2. The van der Waals surface area contributed by atoms with Gasteiger partial charge in [-0.3, -0.25) is 9.59 Å². The number of rotatable bonds is 3. The molecule has 7 heteroatoms. The lowest BCUT2D eigenvalue weighted by atomic mass is 9.75. The van der Waals surface area contributed by atoms with Crippen LogP contribution in [0.25, 0.3) is 0 Å². The molecule has 2 aliphatic carbocycles. The molecule has 1 aromatic carbocycles. The van der Waals surface area contributed by atoms with E-state index < -0.39 is 34.8 Å². The van der Waals surface area contributed by atoms with Gasteiger partial charge in [-0.15, -0.1) is 0 Å². The molecule has 0 bridgehead atoms. The number of aromatic hydroxyl groups is 2. The molecule has 134 valence electrons. The Morgan fingerprint density at radius 2 is 1.92 bits per heavy atom. The fourth-order valence-corrected chi connectivity index (χ4v) is 3.56. The van der Waals surface area contributed by atoms with Crippen molar-refractivity contribution >= 4 is 11.6 Å². The van der Waals surface area contributed by atoms with Crippen LogP contribution < -0.4 is 5.32 Å². The van der Waals surface area contributed by atoms with Crippen LogP contribution in [-0.4, -0.2) is 44.1 Å². The van der Waals surface area contributed by atoms with Gasteiger partial charge in [0.25, 0.3) is 0 Å². The summed E-state index contributed by atoms with van der Waals surface area (Å²) in [6, 6.07) is 0. The van der Waals surface area contributed by atoms with Crippen molar-refractivity contribution in [2.45, 2.75) is 44.8 Å². The third-order valence-corrected chi connectivity index (χ3v) is 4.67. The number of aliphatic hydroxyl groups is 2. The zero-order valence-corrected chi connectivity index (χ0v) is 14.1. The highest BCUT2D eigenvalue weighted by molar-refractivity contribution is 6.26. The summed E-state index contributed by atoms with van der Waals surface area (Å²) >= 11 is 0. The Hall–Kier alpha value is -2.38. The lowest BCUT2D eigenvalue weighted by molar-refractivity contribution is -0.00904. The van der Waals surface area contributed by atoms with E-state index in [0.29, 0.717) is 6.54 Å². The van der Waals surface area contributed by atoms with Crippen molar-refractivity contribution in [2.75, 3.05) is 6.54 Å². The normalized spacial score (nSPS) is 25.3. The smallest absolute Gasteiger partial charge is 0.213 e. The second kappa shape index (κ2) is 5.86. The number of fused-ring (bicyclic) bond motifs is 2. The SMILES string of the molecule is CCCNC1=CC(=O)c2c(O)c3c(c(O)c2C1=O)C[C@](C)(O)C[C@@H]3O. The highest BCUT2D eigenvalue weighted by Crippen LogP contribution is 2.49. The van der Waals surface area contributed by atoms with Gasteiger partial charge in [0.1, 0.15) is 11.5 Å². The largest absolute Gasteiger partial charge is 0.507 e. The predicted molar refractivity (Wildman–Crippen MR) is 88.7 cm³/mol. The average molecular weight is 347 g/mol. The number of hydrogen-bond acceptors (Lipinski definition) is 7. The molecule has 0 heterocycles. The fourth-order valence-electron chi connectivity index (χ4n) is 3.56. The third-order valence-electron chi connectivity index (χ3n) is 4.67. The number of benzene rings is 1. The molecule has 0 fully saturated rings. The van der Waals surface area contributed by atoms with E-state index in [9.17, 15) is 30.0 Å². The van der Waals surface area contributed by atoms with Crippen LogP contribution in [0.15, 0.2) is 11.8 Å². The van der Waals surface area contributed by atoms with E-state index in [1.54, 1.807) is 0 Å². The number of hydrogen-bond donors (Lipinski definition) is 5. The lowest BCUT2D eigenvalue weighted by Gasteiger charge is -2.35. The molecule has 0 radical (unpaired) electrons. The van der Waals surface area contributed by atoms with Crippen LogP contribution in [0, 0.1) is 0 Å². The first kappa shape index (κ1) is 17.4. The van der Waals surface area contributed by atoms with Crippen LogP contribution in [0.4, 0.5) is 0 Å².